The lowest BCUT2D eigenvalue weighted by Crippen LogP contribution is -2.34. The number of carbonyl (C=O) groups is 2. The number of nitrogens with one attached hydrogen (secondary N) is 2. The van der Waals surface area contributed by atoms with Crippen molar-refractivity contribution in [3.05, 3.63) is 44.6 Å². The Morgan fingerprint density at radius 2 is 1.92 bits per heavy atom. The van der Waals surface area contributed by atoms with Gasteiger partial charge in [-0.25, -0.2) is 4.79 Å². The minimum atomic E-state index is -0.231. The Labute approximate surface area is 154 Å². The highest BCUT2D eigenvalue weighted by Gasteiger charge is 2.14. The van der Waals surface area contributed by atoms with Gasteiger partial charge in [-0.1, -0.05) is 23.2 Å². The van der Waals surface area contributed by atoms with E-state index in [-0.39, 0.29) is 11.9 Å². The van der Waals surface area contributed by atoms with Gasteiger partial charge >= 0.3 is 6.03 Å². The number of halogens is 2. The molecule has 0 unspecified atom stereocenters. The minimum Gasteiger partial charge on any atom is -0.325 e. The van der Waals surface area contributed by atoms with Crippen LogP contribution in [-0.2, 0) is 11.3 Å². The normalized spacial score (nSPS) is 10.3. The summed E-state index contributed by atoms with van der Waals surface area (Å²) in [4.78, 5) is 26.2. The van der Waals surface area contributed by atoms with Gasteiger partial charge in [0.05, 0.1) is 21.6 Å². The number of thiophene rings is 1. The first-order chi connectivity index (χ1) is 11.4. The highest BCUT2D eigenvalue weighted by Crippen LogP contribution is 2.26. The first-order valence-corrected chi connectivity index (χ1v) is 8.83. The van der Waals surface area contributed by atoms with Crippen LogP contribution in [0.2, 0.25) is 9.36 Å². The number of benzene rings is 1. The molecule has 2 N–H and O–H groups in total. The van der Waals surface area contributed by atoms with Gasteiger partial charge in [-0.05, 0) is 37.3 Å². The summed E-state index contributed by atoms with van der Waals surface area (Å²) in [5.41, 5.74) is 1.06. The number of carbonyl (C=O) groups excluding carboxylic acids is 2. The Bertz CT molecular complexity index is 749. The quantitative estimate of drug-likeness (QED) is 0.754. The molecule has 2 rings (SSSR count). The number of rotatable bonds is 5. The molecule has 3 amide bonds. The summed E-state index contributed by atoms with van der Waals surface area (Å²) in [6.07, 6.45) is 0. The van der Waals surface area contributed by atoms with Crippen molar-refractivity contribution in [3.8, 4) is 0 Å². The Hall–Kier alpha value is -1.76. The third-order valence-electron chi connectivity index (χ3n) is 3.18. The molecule has 5 nitrogen and oxygen atoms in total. The van der Waals surface area contributed by atoms with Crippen molar-refractivity contribution in [2.45, 2.75) is 20.4 Å². The molecular formula is C16H17Cl2N3O2S. The van der Waals surface area contributed by atoms with E-state index in [1.54, 1.807) is 23.1 Å². The second-order valence-electron chi connectivity index (χ2n) is 5.03. The Morgan fingerprint density at radius 1 is 1.17 bits per heavy atom. The lowest BCUT2D eigenvalue weighted by molar-refractivity contribution is -0.114. The second kappa shape index (κ2) is 8.37. The van der Waals surface area contributed by atoms with Crippen molar-refractivity contribution < 1.29 is 9.59 Å². The van der Waals surface area contributed by atoms with Crippen LogP contribution in [0.25, 0.3) is 0 Å². The number of urea groups is 1. The van der Waals surface area contributed by atoms with E-state index in [2.05, 4.69) is 10.6 Å². The number of hydrogen-bond donors (Lipinski definition) is 2. The molecule has 0 saturated carbocycles. The van der Waals surface area contributed by atoms with Gasteiger partial charge in [0.25, 0.3) is 0 Å². The van der Waals surface area contributed by atoms with Crippen molar-refractivity contribution >= 4 is 57.9 Å². The summed E-state index contributed by atoms with van der Waals surface area (Å²) >= 11 is 13.5. The fourth-order valence-corrected chi connectivity index (χ4v) is 3.37. The molecule has 1 aromatic heterocycles. The van der Waals surface area contributed by atoms with E-state index in [1.165, 1.54) is 18.3 Å². The van der Waals surface area contributed by atoms with Crippen molar-refractivity contribution in [1.29, 1.82) is 0 Å². The van der Waals surface area contributed by atoms with Crippen LogP contribution in [0.15, 0.2) is 30.3 Å². The van der Waals surface area contributed by atoms with E-state index in [4.69, 9.17) is 23.2 Å². The van der Waals surface area contributed by atoms with Crippen LogP contribution < -0.4 is 10.6 Å². The maximum absolute atomic E-state index is 12.4. The number of anilines is 2. The zero-order valence-electron chi connectivity index (χ0n) is 13.2. The summed E-state index contributed by atoms with van der Waals surface area (Å²) in [5.74, 6) is -0.208. The average Bonchev–Trinajstić information content (AvgIpc) is 2.92. The van der Waals surface area contributed by atoms with Gasteiger partial charge in [-0.15, -0.1) is 11.3 Å². The molecule has 0 radical (unpaired) electrons. The van der Waals surface area contributed by atoms with Gasteiger partial charge in [0.2, 0.25) is 5.91 Å². The molecule has 1 heterocycles. The van der Waals surface area contributed by atoms with Crippen LogP contribution in [0.5, 0.6) is 0 Å². The van der Waals surface area contributed by atoms with Crippen molar-refractivity contribution in [2.24, 2.45) is 0 Å². The summed E-state index contributed by atoms with van der Waals surface area (Å²) in [5, 5.41) is 5.78. The molecule has 8 heteroatoms. The lowest BCUT2D eigenvalue weighted by Gasteiger charge is -2.21. The smallest absolute Gasteiger partial charge is 0.322 e. The number of amides is 3. The van der Waals surface area contributed by atoms with Gasteiger partial charge < -0.3 is 15.5 Å². The summed E-state index contributed by atoms with van der Waals surface area (Å²) in [6.45, 7) is 4.35. The van der Waals surface area contributed by atoms with Gasteiger partial charge in [-0.3, -0.25) is 4.79 Å². The Kier molecular flexibility index (Phi) is 6.48. The molecule has 0 saturated heterocycles. The molecule has 1 aromatic carbocycles. The average molecular weight is 386 g/mol. The molecule has 128 valence electrons. The van der Waals surface area contributed by atoms with Gasteiger partial charge in [0.1, 0.15) is 0 Å². The standard InChI is InChI=1S/C16H17Cl2N3O2S/c1-3-21(9-12-5-7-15(18)24-12)16(23)20-11-4-6-14(13(17)8-11)19-10(2)22/h4-8H,3,9H2,1-2H3,(H,19,22)(H,20,23). The maximum atomic E-state index is 12.4. The highest BCUT2D eigenvalue weighted by molar-refractivity contribution is 7.16. The number of hydrogen-bond acceptors (Lipinski definition) is 3. The fraction of sp³-hybridized carbons (Fsp3) is 0.250. The predicted molar refractivity (Wildman–Crippen MR) is 100 cm³/mol. The summed E-state index contributed by atoms with van der Waals surface area (Å²) < 4.78 is 0.696. The molecule has 0 spiro atoms. The van der Waals surface area contributed by atoms with E-state index < -0.39 is 0 Å². The van der Waals surface area contributed by atoms with Crippen LogP contribution in [0, 0.1) is 0 Å². The molecule has 24 heavy (non-hydrogen) atoms. The molecule has 2 aromatic rings. The Balaban J connectivity index is 2.04. The SMILES string of the molecule is CCN(Cc1ccc(Cl)s1)C(=O)Nc1ccc(NC(C)=O)c(Cl)c1. The van der Waals surface area contributed by atoms with E-state index in [0.29, 0.717) is 33.8 Å². The zero-order chi connectivity index (χ0) is 17.7. The van der Waals surface area contributed by atoms with E-state index >= 15 is 0 Å². The molecule has 0 fully saturated rings. The minimum absolute atomic E-state index is 0.208. The third-order valence-corrected chi connectivity index (χ3v) is 4.70. The van der Waals surface area contributed by atoms with E-state index in [1.807, 2.05) is 19.1 Å². The summed E-state index contributed by atoms with van der Waals surface area (Å²) in [7, 11) is 0. The van der Waals surface area contributed by atoms with Crippen LogP contribution >= 0.6 is 34.5 Å². The monoisotopic (exact) mass is 385 g/mol. The van der Waals surface area contributed by atoms with E-state index in [0.717, 1.165) is 4.88 Å². The van der Waals surface area contributed by atoms with E-state index in [9.17, 15) is 9.59 Å². The topological polar surface area (TPSA) is 61.4 Å². The zero-order valence-corrected chi connectivity index (χ0v) is 15.6. The fourth-order valence-electron chi connectivity index (χ4n) is 2.04. The molecule has 0 bridgehead atoms. The largest absolute Gasteiger partial charge is 0.325 e. The predicted octanol–water partition coefficient (Wildman–Crippen LogP) is 5.07. The van der Waals surface area contributed by atoms with Crippen molar-refractivity contribution in [1.82, 2.24) is 4.90 Å². The lowest BCUT2D eigenvalue weighted by atomic mass is 10.2. The van der Waals surface area contributed by atoms with Crippen LogP contribution in [-0.4, -0.2) is 23.4 Å². The molecule has 0 atom stereocenters. The molecular weight excluding hydrogens is 369 g/mol. The van der Waals surface area contributed by atoms with Crippen molar-refractivity contribution in [2.75, 3.05) is 17.2 Å². The van der Waals surface area contributed by atoms with Crippen LogP contribution in [0.1, 0.15) is 18.7 Å². The van der Waals surface area contributed by atoms with Crippen LogP contribution in [0.4, 0.5) is 16.2 Å². The highest BCUT2D eigenvalue weighted by atomic mass is 35.5. The molecule has 0 aliphatic rings. The Morgan fingerprint density at radius 3 is 2.46 bits per heavy atom. The van der Waals surface area contributed by atoms with Crippen LogP contribution in [0.3, 0.4) is 0 Å². The van der Waals surface area contributed by atoms with Gasteiger partial charge in [0.15, 0.2) is 0 Å². The molecule has 0 aliphatic heterocycles. The van der Waals surface area contributed by atoms with Crippen molar-refractivity contribution in [3.63, 3.8) is 0 Å². The number of nitrogens with zero attached hydrogens (tertiary/aromatic N) is 1. The van der Waals surface area contributed by atoms with Gasteiger partial charge in [0, 0.05) is 24.0 Å². The summed E-state index contributed by atoms with van der Waals surface area (Å²) in [6, 6.07) is 8.42. The second-order valence-corrected chi connectivity index (χ2v) is 7.23. The third kappa shape index (κ3) is 5.12. The molecule has 0 aliphatic carbocycles. The first kappa shape index (κ1) is 18.6. The first-order valence-electron chi connectivity index (χ1n) is 7.26. The van der Waals surface area contributed by atoms with Gasteiger partial charge in [-0.2, -0.15) is 0 Å². The maximum Gasteiger partial charge on any atom is 0.322 e.